The van der Waals surface area contributed by atoms with Crippen LogP contribution in [0.3, 0.4) is 0 Å². The molecule has 31 heavy (non-hydrogen) atoms. The highest BCUT2D eigenvalue weighted by molar-refractivity contribution is 7.10. The molecule has 0 saturated carbocycles. The van der Waals surface area contributed by atoms with Gasteiger partial charge in [-0.3, -0.25) is 19.5 Å². The van der Waals surface area contributed by atoms with Crippen molar-refractivity contribution in [1.29, 1.82) is 0 Å². The van der Waals surface area contributed by atoms with Crippen molar-refractivity contribution >= 4 is 40.1 Å². The zero-order valence-electron chi connectivity index (χ0n) is 17.0. The highest BCUT2D eigenvalue weighted by Gasteiger charge is 2.22. The molecule has 1 N–H and O–H groups in total. The van der Waals surface area contributed by atoms with E-state index in [9.17, 15) is 9.59 Å². The summed E-state index contributed by atoms with van der Waals surface area (Å²) in [5.41, 5.74) is 3.87. The molecule has 3 heterocycles. The van der Waals surface area contributed by atoms with Crippen LogP contribution in [-0.2, 0) is 22.6 Å². The third kappa shape index (κ3) is 3.96. The van der Waals surface area contributed by atoms with Gasteiger partial charge in [-0.05, 0) is 47.7 Å². The van der Waals surface area contributed by atoms with Crippen LogP contribution in [0.5, 0.6) is 0 Å². The Morgan fingerprint density at radius 1 is 1.00 bits per heavy atom. The monoisotopic (exact) mass is 430 g/mol. The molecule has 0 aliphatic carbocycles. The molecule has 0 bridgehead atoms. The van der Waals surface area contributed by atoms with Crippen molar-refractivity contribution in [2.45, 2.75) is 25.8 Å². The summed E-state index contributed by atoms with van der Waals surface area (Å²) in [6.07, 6.45) is 1.22. The minimum absolute atomic E-state index is 0.0172. The number of anilines is 1. The van der Waals surface area contributed by atoms with Crippen molar-refractivity contribution in [3.05, 3.63) is 76.5 Å². The third-order valence-electron chi connectivity index (χ3n) is 5.55. The van der Waals surface area contributed by atoms with Crippen molar-refractivity contribution in [3.8, 4) is 5.69 Å². The van der Waals surface area contributed by atoms with E-state index in [1.807, 2.05) is 64.1 Å². The van der Waals surface area contributed by atoms with Crippen LogP contribution in [0.4, 0.5) is 5.95 Å². The molecule has 0 spiro atoms. The molecule has 4 aromatic rings. The number of nitrogens with one attached hydrogen (secondary N) is 1. The molecule has 0 atom stereocenters. The number of aromatic nitrogens is 2. The van der Waals surface area contributed by atoms with Gasteiger partial charge in [-0.2, -0.15) is 0 Å². The first-order valence-corrected chi connectivity index (χ1v) is 11.2. The Balaban J connectivity index is 1.28. The van der Waals surface area contributed by atoms with Crippen molar-refractivity contribution in [2.75, 3.05) is 11.9 Å². The minimum Gasteiger partial charge on any atom is -0.338 e. The lowest BCUT2D eigenvalue weighted by Gasteiger charge is -2.27. The van der Waals surface area contributed by atoms with E-state index in [4.69, 9.17) is 0 Å². The maximum Gasteiger partial charge on any atom is 0.227 e. The third-order valence-corrected chi connectivity index (χ3v) is 6.58. The fourth-order valence-corrected chi connectivity index (χ4v) is 4.87. The van der Waals surface area contributed by atoms with Gasteiger partial charge in [0.05, 0.1) is 11.0 Å². The molecule has 0 fully saturated rings. The summed E-state index contributed by atoms with van der Waals surface area (Å²) in [6, 6.07) is 19.7. The molecule has 0 unspecified atom stereocenters. The van der Waals surface area contributed by atoms with Crippen molar-refractivity contribution in [3.63, 3.8) is 0 Å². The van der Waals surface area contributed by atoms with Crippen LogP contribution in [0.1, 0.15) is 23.3 Å². The molecule has 7 heteroatoms. The molecular formula is C24H22N4O2S. The Hall–Kier alpha value is -3.45. The zero-order valence-corrected chi connectivity index (χ0v) is 17.8. The highest BCUT2D eigenvalue weighted by Crippen LogP contribution is 2.26. The van der Waals surface area contributed by atoms with Gasteiger partial charge < -0.3 is 4.90 Å². The van der Waals surface area contributed by atoms with E-state index in [2.05, 4.69) is 21.7 Å². The maximum atomic E-state index is 12.7. The SMILES string of the molecule is O=C(CCC(=O)N1CCc2sccc2C1)Nc1nc2ccccc2n1-c1ccccc1. The van der Waals surface area contributed by atoms with E-state index in [1.54, 1.807) is 11.3 Å². The number of hydrogen-bond donors (Lipinski definition) is 1. The van der Waals surface area contributed by atoms with Gasteiger partial charge in [0.15, 0.2) is 0 Å². The van der Waals surface area contributed by atoms with Crippen LogP contribution in [0.15, 0.2) is 66.0 Å². The summed E-state index contributed by atoms with van der Waals surface area (Å²) >= 11 is 1.75. The molecule has 6 nitrogen and oxygen atoms in total. The van der Waals surface area contributed by atoms with E-state index in [0.29, 0.717) is 12.5 Å². The number of benzene rings is 2. The number of rotatable bonds is 5. The van der Waals surface area contributed by atoms with E-state index < -0.39 is 0 Å². The molecule has 0 radical (unpaired) electrons. The van der Waals surface area contributed by atoms with Crippen LogP contribution in [0, 0.1) is 0 Å². The van der Waals surface area contributed by atoms with Gasteiger partial charge in [-0.25, -0.2) is 4.98 Å². The topological polar surface area (TPSA) is 67.2 Å². The van der Waals surface area contributed by atoms with Crippen LogP contribution >= 0.6 is 11.3 Å². The van der Waals surface area contributed by atoms with Gasteiger partial charge in [-0.15, -0.1) is 11.3 Å². The average Bonchev–Trinajstić information content (AvgIpc) is 3.41. The van der Waals surface area contributed by atoms with Gasteiger partial charge in [0.1, 0.15) is 0 Å². The lowest BCUT2D eigenvalue weighted by atomic mass is 10.1. The van der Waals surface area contributed by atoms with Crippen LogP contribution in [-0.4, -0.2) is 32.8 Å². The first-order valence-electron chi connectivity index (χ1n) is 10.3. The molecule has 1 aliphatic rings. The quantitative estimate of drug-likeness (QED) is 0.511. The van der Waals surface area contributed by atoms with Gasteiger partial charge in [0.25, 0.3) is 0 Å². The molecule has 1 aliphatic heterocycles. The summed E-state index contributed by atoms with van der Waals surface area (Å²) in [6.45, 7) is 1.36. The second-order valence-corrected chi connectivity index (χ2v) is 8.58. The van der Waals surface area contributed by atoms with E-state index in [-0.39, 0.29) is 24.7 Å². The molecule has 2 amide bonds. The van der Waals surface area contributed by atoms with Gasteiger partial charge in [0, 0.05) is 36.5 Å². The number of amides is 2. The Labute approximate surface area is 184 Å². The molecule has 5 rings (SSSR count). The van der Waals surface area contributed by atoms with Crippen LogP contribution < -0.4 is 5.32 Å². The van der Waals surface area contributed by atoms with Gasteiger partial charge in [-0.1, -0.05) is 30.3 Å². The van der Waals surface area contributed by atoms with Crippen LogP contribution in [0.2, 0.25) is 0 Å². The molecular weight excluding hydrogens is 408 g/mol. The molecule has 2 aromatic heterocycles. The lowest BCUT2D eigenvalue weighted by molar-refractivity contribution is -0.133. The van der Waals surface area contributed by atoms with E-state index in [1.165, 1.54) is 10.4 Å². The summed E-state index contributed by atoms with van der Waals surface area (Å²) in [7, 11) is 0. The number of fused-ring (bicyclic) bond motifs is 2. The number of imidazole rings is 1. The van der Waals surface area contributed by atoms with Gasteiger partial charge in [0.2, 0.25) is 17.8 Å². The number of nitrogens with zero attached hydrogens (tertiary/aromatic N) is 3. The smallest absolute Gasteiger partial charge is 0.227 e. The number of carbonyl (C=O) groups is 2. The van der Waals surface area contributed by atoms with E-state index >= 15 is 0 Å². The van der Waals surface area contributed by atoms with Gasteiger partial charge >= 0.3 is 0 Å². The summed E-state index contributed by atoms with van der Waals surface area (Å²) in [5, 5.41) is 4.99. The first kappa shape index (κ1) is 19.5. The fourth-order valence-electron chi connectivity index (χ4n) is 3.98. The summed E-state index contributed by atoms with van der Waals surface area (Å²) in [4.78, 5) is 33.1. The number of carbonyl (C=O) groups excluding carboxylic acids is 2. The zero-order chi connectivity index (χ0) is 21.2. The fraction of sp³-hybridized carbons (Fsp3) is 0.208. The summed E-state index contributed by atoms with van der Waals surface area (Å²) in [5.74, 6) is 0.267. The normalized spacial score (nSPS) is 13.2. The molecule has 0 saturated heterocycles. The predicted octanol–water partition coefficient (Wildman–Crippen LogP) is 4.39. The second kappa shape index (κ2) is 8.35. The maximum absolute atomic E-state index is 12.7. The standard InChI is InChI=1S/C24H22N4O2S/c29-22(10-11-23(30)27-14-12-21-17(16-27)13-15-31-21)26-24-25-19-8-4-5-9-20(19)28(24)18-6-2-1-3-7-18/h1-9,13,15H,10-12,14,16H2,(H,25,26,29). The molecule has 156 valence electrons. The Morgan fingerprint density at radius 3 is 2.68 bits per heavy atom. The van der Waals surface area contributed by atoms with Crippen molar-refractivity contribution in [2.24, 2.45) is 0 Å². The largest absolute Gasteiger partial charge is 0.338 e. The molecule has 2 aromatic carbocycles. The number of para-hydroxylation sites is 3. The Kier molecular flexibility index (Phi) is 5.26. The van der Waals surface area contributed by atoms with Crippen molar-refractivity contribution in [1.82, 2.24) is 14.5 Å². The highest BCUT2D eigenvalue weighted by atomic mass is 32.1. The van der Waals surface area contributed by atoms with Crippen molar-refractivity contribution < 1.29 is 9.59 Å². The first-order chi connectivity index (χ1) is 15.2. The van der Waals surface area contributed by atoms with E-state index in [0.717, 1.165) is 29.7 Å². The lowest BCUT2D eigenvalue weighted by Crippen LogP contribution is -2.35. The Bertz CT molecular complexity index is 1240. The summed E-state index contributed by atoms with van der Waals surface area (Å²) < 4.78 is 1.93. The predicted molar refractivity (Wildman–Crippen MR) is 122 cm³/mol. The van der Waals surface area contributed by atoms with Crippen LogP contribution in [0.25, 0.3) is 16.7 Å². The Morgan fingerprint density at radius 2 is 1.81 bits per heavy atom. The number of hydrogen-bond acceptors (Lipinski definition) is 4. The average molecular weight is 431 g/mol. The second-order valence-electron chi connectivity index (χ2n) is 7.58. The minimum atomic E-state index is -0.214. The number of thiophene rings is 1.